The lowest BCUT2D eigenvalue weighted by Gasteiger charge is -2.32. The fraction of sp³-hybridized carbons (Fsp3) is 0.227. The Bertz CT molecular complexity index is 1130. The molecule has 4 rings (SSSR count). The number of carbonyl (C=O) groups is 2. The lowest BCUT2D eigenvalue weighted by atomic mass is 9.94. The van der Waals surface area contributed by atoms with Gasteiger partial charge in [-0.3, -0.25) is 19.8 Å². The van der Waals surface area contributed by atoms with Crippen molar-refractivity contribution in [2.45, 2.75) is 31.7 Å². The number of allylic oxidation sites excluding steroid dienone is 1. The first-order valence-electron chi connectivity index (χ1n) is 9.61. The molecule has 1 amide bonds. The smallest absolute Gasteiger partial charge is 0.338 e. The van der Waals surface area contributed by atoms with Crippen LogP contribution in [0, 0.1) is 10.1 Å². The zero-order valence-corrected chi connectivity index (χ0v) is 17.7. The highest BCUT2D eigenvalue weighted by Crippen LogP contribution is 2.43. The summed E-state index contributed by atoms with van der Waals surface area (Å²) in [6.07, 6.45) is 0. The molecular formula is C22H19N3O5S. The van der Waals surface area contributed by atoms with E-state index in [-0.39, 0.29) is 29.0 Å². The molecule has 0 unspecified atom stereocenters. The van der Waals surface area contributed by atoms with Crippen molar-refractivity contribution >= 4 is 34.5 Å². The lowest BCUT2D eigenvalue weighted by Crippen LogP contribution is -2.40. The van der Waals surface area contributed by atoms with E-state index >= 15 is 0 Å². The third-order valence-electron chi connectivity index (χ3n) is 5.09. The number of aliphatic imine (C=N–C) groups is 1. The summed E-state index contributed by atoms with van der Waals surface area (Å²) in [6.45, 7) is 3.51. The van der Waals surface area contributed by atoms with Crippen molar-refractivity contribution in [2.24, 2.45) is 4.99 Å². The fourth-order valence-electron chi connectivity index (χ4n) is 3.59. The molecule has 0 aromatic heterocycles. The Labute approximate surface area is 182 Å². The second kappa shape index (κ2) is 8.35. The normalized spacial score (nSPS) is 20.4. The molecule has 2 atom stereocenters. The molecule has 0 saturated carbocycles. The van der Waals surface area contributed by atoms with Crippen LogP contribution < -0.4 is 0 Å². The van der Waals surface area contributed by atoms with Gasteiger partial charge >= 0.3 is 5.97 Å². The number of benzene rings is 2. The molecule has 0 N–H and O–H groups in total. The van der Waals surface area contributed by atoms with Gasteiger partial charge in [-0.05, 0) is 25.0 Å². The highest BCUT2D eigenvalue weighted by Gasteiger charge is 2.46. The first-order valence-corrected chi connectivity index (χ1v) is 10.5. The van der Waals surface area contributed by atoms with Gasteiger partial charge in [0.25, 0.3) is 5.69 Å². The van der Waals surface area contributed by atoms with Gasteiger partial charge in [-0.25, -0.2) is 9.79 Å². The average molecular weight is 437 g/mol. The Hall–Kier alpha value is -3.46. The van der Waals surface area contributed by atoms with Gasteiger partial charge in [0.1, 0.15) is 6.61 Å². The van der Waals surface area contributed by atoms with Gasteiger partial charge in [-0.2, -0.15) is 0 Å². The highest BCUT2D eigenvalue weighted by molar-refractivity contribution is 8.15. The maximum atomic E-state index is 13.1. The molecule has 8 nitrogen and oxygen atoms in total. The Morgan fingerprint density at radius 1 is 1.23 bits per heavy atom. The number of ether oxygens (including phenoxy) is 1. The number of nitro groups is 1. The Morgan fingerprint density at radius 3 is 2.68 bits per heavy atom. The van der Waals surface area contributed by atoms with Crippen LogP contribution in [0.5, 0.6) is 0 Å². The number of carbonyl (C=O) groups excluding carboxylic acids is 2. The van der Waals surface area contributed by atoms with Crippen LogP contribution in [-0.4, -0.2) is 32.1 Å². The van der Waals surface area contributed by atoms with Gasteiger partial charge < -0.3 is 4.74 Å². The van der Waals surface area contributed by atoms with Crippen LogP contribution in [0.4, 0.5) is 5.69 Å². The SMILES string of the molecule is CC1=C(C(=O)OCc2ccccc2)[C@H](c2cccc([N+](=O)[O-])c2)N2C(=O)[C@@H](C)SC2=N1. The van der Waals surface area contributed by atoms with Gasteiger partial charge in [0, 0.05) is 12.1 Å². The van der Waals surface area contributed by atoms with E-state index in [1.807, 2.05) is 30.3 Å². The monoisotopic (exact) mass is 437 g/mol. The summed E-state index contributed by atoms with van der Waals surface area (Å²) in [4.78, 5) is 42.8. The van der Waals surface area contributed by atoms with Gasteiger partial charge in [0.2, 0.25) is 5.91 Å². The van der Waals surface area contributed by atoms with Gasteiger partial charge in [0.05, 0.1) is 27.5 Å². The Kier molecular flexibility index (Phi) is 5.60. The van der Waals surface area contributed by atoms with Crippen molar-refractivity contribution in [3.05, 3.63) is 87.1 Å². The van der Waals surface area contributed by atoms with E-state index in [4.69, 9.17) is 4.74 Å². The molecule has 9 heteroatoms. The van der Waals surface area contributed by atoms with Gasteiger partial charge in [0.15, 0.2) is 5.17 Å². The van der Waals surface area contributed by atoms with E-state index in [1.165, 1.54) is 34.9 Å². The van der Waals surface area contributed by atoms with Crippen LogP contribution in [0.3, 0.4) is 0 Å². The first kappa shape index (κ1) is 20.8. The number of nitro benzene ring substituents is 1. The van der Waals surface area contributed by atoms with E-state index in [9.17, 15) is 19.7 Å². The summed E-state index contributed by atoms with van der Waals surface area (Å²) >= 11 is 1.30. The number of amides is 1. The van der Waals surface area contributed by atoms with Crippen molar-refractivity contribution in [3.63, 3.8) is 0 Å². The van der Waals surface area contributed by atoms with Crippen LogP contribution >= 0.6 is 11.8 Å². The minimum absolute atomic E-state index is 0.0633. The fourth-order valence-corrected chi connectivity index (χ4v) is 4.62. The van der Waals surface area contributed by atoms with Crippen LogP contribution in [0.1, 0.15) is 31.0 Å². The van der Waals surface area contributed by atoms with E-state index in [0.717, 1.165) is 5.56 Å². The molecule has 1 saturated heterocycles. The summed E-state index contributed by atoms with van der Waals surface area (Å²) < 4.78 is 5.53. The zero-order valence-electron chi connectivity index (χ0n) is 16.8. The molecule has 0 aliphatic carbocycles. The van der Waals surface area contributed by atoms with Gasteiger partial charge in [-0.1, -0.05) is 54.2 Å². The molecule has 2 aliphatic rings. The molecule has 31 heavy (non-hydrogen) atoms. The number of hydrogen-bond donors (Lipinski definition) is 0. The standard InChI is InChI=1S/C22H19N3O5S/c1-13-18(21(27)30-12-15-7-4-3-5-8-15)19(16-9-6-10-17(11-16)25(28)29)24-20(26)14(2)31-22(24)23-13/h3-11,14,19H,12H2,1-2H3/t14-,19+/m1/s1. The summed E-state index contributed by atoms with van der Waals surface area (Å²) in [7, 11) is 0. The topological polar surface area (TPSA) is 102 Å². The molecule has 2 aliphatic heterocycles. The number of thioether (sulfide) groups is 1. The van der Waals surface area contributed by atoms with E-state index in [0.29, 0.717) is 16.4 Å². The second-order valence-corrected chi connectivity index (χ2v) is 8.49. The predicted molar refractivity (Wildman–Crippen MR) is 116 cm³/mol. The van der Waals surface area contributed by atoms with Crippen molar-refractivity contribution in [1.29, 1.82) is 0 Å². The molecule has 2 heterocycles. The first-order chi connectivity index (χ1) is 14.9. The van der Waals surface area contributed by atoms with Crippen molar-refractivity contribution in [2.75, 3.05) is 0 Å². The Morgan fingerprint density at radius 2 is 1.97 bits per heavy atom. The van der Waals surface area contributed by atoms with E-state index in [2.05, 4.69) is 4.99 Å². The van der Waals surface area contributed by atoms with Crippen molar-refractivity contribution in [3.8, 4) is 0 Å². The molecular weight excluding hydrogens is 418 g/mol. The van der Waals surface area contributed by atoms with Gasteiger partial charge in [-0.15, -0.1) is 0 Å². The third kappa shape index (κ3) is 3.96. The van der Waals surface area contributed by atoms with Crippen LogP contribution in [0.15, 0.2) is 70.9 Å². The maximum absolute atomic E-state index is 13.1. The number of esters is 1. The molecule has 1 fully saturated rings. The summed E-state index contributed by atoms with van der Waals surface area (Å²) in [5.41, 5.74) is 1.78. The van der Waals surface area contributed by atoms with E-state index < -0.39 is 16.9 Å². The molecule has 0 bridgehead atoms. The number of hydrogen-bond acceptors (Lipinski definition) is 7. The second-order valence-electron chi connectivity index (χ2n) is 7.18. The number of fused-ring (bicyclic) bond motifs is 1. The van der Waals surface area contributed by atoms with Crippen LogP contribution in [-0.2, 0) is 20.9 Å². The molecule has 0 spiro atoms. The van der Waals surface area contributed by atoms with Crippen LogP contribution in [0.2, 0.25) is 0 Å². The average Bonchev–Trinajstić information content (AvgIpc) is 3.04. The summed E-state index contributed by atoms with van der Waals surface area (Å²) in [6, 6.07) is 14.3. The number of amidine groups is 1. The minimum atomic E-state index is -0.847. The zero-order chi connectivity index (χ0) is 22.1. The summed E-state index contributed by atoms with van der Waals surface area (Å²) in [5, 5.41) is 11.4. The number of non-ortho nitro benzene ring substituents is 1. The van der Waals surface area contributed by atoms with Crippen molar-refractivity contribution < 1.29 is 19.2 Å². The van der Waals surface area contributed by atoms with E-state index in [1.54, 1.807) is 19.9 Å². The number of rotatable bonds is 5. The molecule has 158 valence electrons. The predicted octanol–water partition coefficient (Wildman–Crippen LogP) is 3.99. The quantitative estimate of drug-likeness (QED) is 0.398. The highest BCUT2D eigenvalue weighted by atomic mass is 32.2. The molecule has 2 aromatic carbocycles. The Balaban J connectivity index is 1.74. The lowest BCUT2D eigenvalue weighted by molar-refractivity contribution is -0.384. The molecule has 2 aromatic rings. The summed E-state index contributed by atoms with van der Waals surface area (Å²) in [5.74, 6) is -0.820. The largest absolute Gasteiger partial charge is 0.457 e. The van der Waals surface area contributed by atoms with Crippen LogP contribution in [0.25, 0.3) is 0 Å². The molecule has 0 radical (unpaired) electrons. The third-order valence-corrected chi connectivity index (χ3v) is 6.14. The minimum Gasteiger partial charge on any atom is -0.457 e. The number of nitrogens with zero attached hydrogens (tertiary/aromatic N) is 3. The van der Waals surface area contributed by atoms with Crippen molar-refractivity contribution in [1.82, 2.24) is 4.90 Å². The maximum Gasteiger partial charge on any atom is 0.338 e.